The summed E-state index contributed by atoms with van der Waals surface area (Å²) < 4.78 is 16.1. The van der Waals surface area contributed by atoms with E-state index in [9.17, 15) is 9.59 Å². The van der Waals surface area contributed by atoms with Gasteiger partial charge in [0.2, 0.25) is 0 Å². The first-order chi connectivity index (χ1) is 14.5. The minimum atomic E-state index is -0.388. The van der Waals surface area contributed by atoms with E-state index in [1.165, 1.54) is 12.0 Å². The third-order valence-corrected chi connectivity index (χ3v) is 4.65. The summed E-state index contributed by atoms with van der Waals surface area (Å²) in [6.45, 7) is 4.28. The molecule has 0 aromatic heterocycles. The number of rotatable bonds is 9. The lowest BCUT2D eigenvalue weighted by Gasteiger charge is -2.16. The van der Waals surface area contributed by atoms with Crippen molar-refractivity contribution < 1.29 is 23.8 Å². The predicted molar refractivity (Wildman–Crippen MR) is 114 cm³/mol. The van der Waals surface area contributed by atoms with E-state index in [1.807, 2.05) is 44.2 Å². The summed E-state index contributed by atoms with van der Waals surface area (Å²) in [6, 6.07) is 14.4. The van der Waals surface area contributed by atoms with Gasteiger partial charge < -0.3 is 19.5 Å². The number of hydrogen-bond donors (Lipinski definition) is 1. The van der Waals surface area contributed by atoms with Crippen LogP contribution in [0.1, 0.15) is 19.4 Å². The van der Waals surface area contributed by atoms with Gasteiger partial charge in [-0.1, -0.05) is 30.3 Å². The molecule has 1 heterocycles. The van der Waals surface area contributed by atoms with Crippen LogP contribution in [0.15, 0.2) is 54.2 Å². The number of hydrogen-bond acceptors (Lipinski definition) is 6. The van der Waals surface area contributed by atoms with Gasteiger partial charge in [0.1, 0.15) is 5.70 Å². The Labute approximate surface area is 176 Å². The molecule has 30 heavy (non-hydrogen) atoms. The maximum absolute atomic E-state index is 13.1. The highest BCUT2D eigenvalue weighted by Crippen LogP contribution is 2.34. The number of benzene rings is 2. The second-order valence-corrected chi connectivity index (χ2v) is 6.99. The first-order valence-corrected chi connectivity index (χ1v) is 9.72. The molecular weight excluding hydrogens is 384 g/mol. The van der Waals surface area contributed by atoms with Gasteiger partial charge in [-0.25, -0.2) is 0 Å². The average Bonchev–Trinajstić information content (AvgIpc) is 2.98. The Hall–Kier alpha value is -3.32. The van der Waals surface area contributed by atoms with Gasteiger partial charge in [0.15, 0.2) is 11.5 Å². The molecule has 0 spiro atoms. The molecule has 1 aliphatic heterocycles. The average molecular weight is 410 g/mol. The maximum Gasteiger partial charge on any atom is 0.278 e. The van der Waals surface area contributed by atoms with Crippen LogP contribution in [0, 0.1) is 0 Å². The first kappa shape index (κ1) is 21.4. The molecule has 158 valence electrons. The SMILES string of the molecule is COc1ccc(NC2=C(c3ccccc3)C(=O)N(CCOC(C)C)C2=O)cc1OC. The topological polar surface area (TPSA) is 77.1 Å². The molecule has 1 N–H and O–H groups in total. The molecule has 0 saturated heterocycles. The lowest BCUT2D eigenvalue weighted by atomic mass is 10.0. The molecule has 2 aromatic rings. The van der Waals surface area contributed by atoms with Crippen molar-refractivity contribution in [2.75, 3.05) is 32.7 Å². The van der Waals surface area contributed by atoms with Gasteiger partial charge in [0, 0.05) is 11.8 Å². The van der Waals surface area contributed by atoms with Gasteiger partial charge in [0.05, 0.1) is 39.0 Å². The molecule has 0 bridgehead atoms. The first-order valence-electron chi connectivity index (χ1n) is 9.72. The van der Waals surface area contributed by atoms with E-state index in [0.29, 0.717) is 28.3 Å². The van der Waals surface area contributed by atoms with E-state index >= 15 is 0 Å². The number of imide groups is 1. The quantitative estimate of drug-likeness (QED) is 0.639. The second-order valence-electron chi connectivity index (χ2n) is 6.99. The smallest absolute Gasteiger partial charge is 0.278 e. The van der Waals surface area contributed by atoms with Crippen molar-refractivity contribution in [2.45, 2.75) is 20.0 Å². The molecule has 7 heteroatoms. The van der Waals surface area contributed by atoms with Crippen LogP contribution in [-0.2, 0) is 14.3 Å². The summed E-state index contributed by atoms with van der Waals surface area (Å²) >= 11 is 0. The van der Waals surface area contributed by atoms with Crippen molar-refractivity contribution >= 4 is 23.1 Å². The number of carbonyl (C=O) groups excluding carboxylic acids is 2. The molecule has 0 aliphatic carbocycles. The molecule has 3 rings (SSSR count). The Morgan fingerprint density at radius 2 is 1.63 bits per heavy atom. The fourth-order valence-corrected chi connectivity index (χ4v) is 3.21. The van der Waals surface area contributed by atoms with Crippen molar-refractivity contribution in [1.29, 1.82) is 0 Å². The summed E-state index contributed by atoms with van der Waals surface area (Å²) in [5.41, 5.74) is 1.84. The van der Waals surface area contributed by atoms with Crippen LogP contribution in [-0.4, -0.2) is 50.2 Å². The summed E-state index contributed by atoms with van der Waals surface area (Å²) in [7, 11) is 3.09. The van der Waals surface area contributed by atoms with Gasteiger partial charge in [0.25, 0.3) is 11.8 Å². The van der Waals surface area contributed by atoms with Crippen LogP contribution in [0.2, 0.25) is 0 Å². The van der Waals surface area contributed by atoms with Crippen molar-refractivity contribution in [3.63, 3.8) is 0 Å². The third kappa shape index (κ3) is 4.46. The highest BCUT2D eigenvalue weighted by atomic mass is 16.5. The number of anilines is 1. The van der Waals surface area contributed by atoms with Gasteiger partial charge in [-0.05, 0) is 31.5 Å². The van der Waals surface area contributed by atoms with Crippen molar-refractivity contribution in [3.05, 3.63) is 59.8 Å². The summed E-state index contributed by atoms with van der Waals surface area (Å²) in [4.78, 5) is 27.5. The number of carbonyl (C=O) groups is 2. The predicted octanol–water partition coefficient (Wildman–Crippen LogP) is 3.32. The van der Waals surface area contributed by atoms with Crippen LogP contribution >= 0.6 is 0 Å². The molecule has 0 radical (unpaired) electrons. The molecule has 1 aliphatic rings. The Bertz CT molecular complexity index is 953. The standard InChI is InChI=1S/C23H26N2O5/c1-15(2)30-13-12-25-22(26)20(16-8-6-5-7-9-16)21(23(25)27)24-17-10-11-18(28-3)19(14-17)29-4/h5-11,14-15,24H,12-13H2,1-4H3. The van der Waals surface area contributed by atoms with Crippen LogP contribution in [0.25, 0.3) is 5.57 Å². The molecule has 0 atom stereocenters. The van der Waals surface area contributed by atoms with Gasteiger partial charge >= 0.3 is 0 Å². The summed E-state index contributed by atoms with van der Waals surface area (Å²) in [6.07, 6.45) is 0.0173. The van der Waals surface area contributed by atoms with E-state index in [0.717, 1.165) is 0 Å². The lowest BCUT2D eigenvalue weighted by molar-refractivity contribution is -0.137. The van der Waals surface area contributed by atoms with Crippen molar-refractivity contribution in [2.24, 2.45) is 0 Å². The van der Waals surface area contributed by atoms with E-state index < -0.39 is 0 Å². The highest BCUT2D eigenvalue weighted by Gasteiger charge is 2.39. The highest BCUT2D eigenvalue weighted by molar-refractivity contribution is 6.36. The maximum atomic E-state index is 13.1. The zero-order valence-electron chi connectivity index (χ0n) is 17.6. The van der Waals surface area contributed by atoms with E-state index in [-0.39, 0.29) is 36.8 Å². The fourth-order valence-electron chi connectivity index (χ4n) is 3.21. The van der Waals surface area contributed by atoms with Crippen LogP contribution in [0.4, 0.5) is 5.69 Å². The number of methoxy groups -OCH3 is 2. The number of ether oxygens (including phenoxy) is 3. The minimum absolute atomic E-state index is 0.0173. The lowest BCUT2D eigenvalue weighted by Crippen LogP contribution is -2.35. The normalized spacial score (nSPS) is 14.0. The van der Waals surface area contributed by atoms with Gasteiger partial charge in [-0.15, -0.1) is 0 Å². The van der Waals surface area contributed by atoms with Crippen LogP contribution in [0.3, 0.4) is 0 Å². The number of amides is 2. The van der Waals surface area contributed by atoms with Crippen LogP contribution in [0.5, 0.6) is 11.5 Å². The van der Waals surface area contributed by atoms with E-state index in [1.54, 1.807) is 25.3 Å². The monoisotopic (exact) mass is 410 g/mol. The zero-order valence-corrected chi connectivity index (χ0v) is 17.6. The zero-order chi connectivity index (χ0) is 21.7. The molecule has 0 fully saturated rings. The van der Waals surface area contributed by atoms with Crippen LogP contribution < -0.4 is 14.8 Å². The summed E-state index contributed by atoms with van der Waals surface area (Å²) in [5, 5.41) is 3.12. The Balaban J connectivity index is 1.95. The molecule has 7 nitrogen and oxygen atoms in total. The largest absolute Gasteiger partial charge is 0.493 e. The molecule has 2 aromatic carbocycles. The molecule has 0 saturated carbocycles. The van der Waals surface area contributed by atoms with Crippen molar-refractivity contribution in [1.82, 2.24) is 4.90 Å². The second kappa shape index (κ2) is 9.45. The molecule has 0 unspecified atom stereocenters. The van der Waals surface area contributed by atoms with Crippen molar-refractivity contribution in [3.8, 4) is 11.5 Å². The van der Waals surface area contributed by atoms with Gasteiger partial charge in [-0.3, -0.25) is 14.5 Å². The number of nitrogens with zero attached hydrogens (tertiary/aromatic N) is 1. The Kier molecular flexibility index (Phi) is 6.74. The minimum Gasteiger partial charge on any atom is -0.493 e. The summed E-state index contributed by atoms with van der Waals surface area (Å²) in [5.74, 6) is 0.354. The molecular formula is C23H26N2O5. The van der Waals surface area contributed by atoms with E-state index in [4.69, 9.17) is 14.2 Å². The Morgan fingerprint density at radius 1 is 0.933 bits per heavy atom. The van der Waals surface area contributed by atoms with E-state index in [2.05, 4.69) is 5.32 Å². The fraction of sp³-hybridized carbons (Fsp3) is 0.304. The van der Waals surface area contributed by atoms with Gasteiger partial charge in [-0.2, -0.15) is 0 Å². The molecule has 2 amide bonds. The third-order valence-electron chi connectivity index (χ3n) is 4.65. The Morgan fingerprint density at radius 3 is 2.27 bits per heavy atom. The number of nitrogens with one attached hydrogen (secondary N) is 1.